The van der Waals surface area contributed by atoms with Crippen LogP contribution in [-0.2, 0) is 0 Å². The van der Waals surface area contributed by atoms with Crippen LogP contribution >= 0.6 is 11.6 Å². The molecule has 0 bridgehead atoms. The van der Waals surface area contributed by atoms with Gasteiger partial charge in [-0.25, -0.2) is 14.2 Å². The lowest BCUT2D eigenvalue weighted by Gasteiger charge is -2.30. The lowest BCUT2D eigenvalue weighted by molar-refractivity contribution is 0.0694. The van der Waals surface area contributed by atoms with Gasteiger partial charge in [-0.1, -0.05) is 30.7 Å². The molecule has 0 spiro atoms. The number of hydrogen-bond donors (Lipinski definition) is 2. The van der Waals surface area contributed by atoms with Gasteiger partial charge in [-0.3, -0.25) is 4.79 Å². The standard InChI is InChI=1S/C22H24ClFN4O3/c1-9-3-4-15(25)12-7-27(6-11(9)12)21-18(23)19-17(10(2)26-21)20(29)13(22(30)31)8-28(19)16-5-14(16)24/h3-4,8-9,11-12,14-16H,5-7,25H2,1-2H3,(H,30,31)/t9-,11-,12-,14-,15+,16+/m0/s1. The molecule has 0 aromatic carbocycles. The quantitative estimate of drug-likeness (QED) is 0.703. The van der Waals surface area contributed by atoms with Crippen molar-refractivity contribution in [2.45, 2.75) is 38.5 Å². The molecule has 31 heavy (non-hydrogen) atoms. The number of anilines is 1. The highest BCUT2D eigenvalue weighted by Crippen LogP contribution is 2.45. The number of halogens is 2. The minimum Gasteiger partial charge on any atom is -0.477 e. The molecule has 5 rings (SSSR count). The molecule has 0 radical (unpaired) electrons. The minimum atomic E-state index is -1.35. The van der Waals surface area contributed by atoms with Gasteiger partial charge in [0.15, 0.2) is 0 Å². The van der Waals surface area contributed by atoms with E-state index in [0.29, 0.717) is 35.4 Å². The molecule has 3 aliphatic rings. The zero-order valence-electron chi connectivity index (χ0n) is 17.3. The summed E-state index contributed by atoms with van der Waals surface area (Å²) >= 11 is 6.81. The van der Waals surface area contributed by atoms with Gasteiger partial charge >= 0.3 is 5.97 Å². The first kappa shape index (κ1) is 20.5. The average Bonchev–Trinajstić information content (AvgIpc) is 3.26. The van der Waals surface area contributed by atoms with Gasteiger partial charge in [-0.05, 0) is 18.8 Å². The Balaban J connectivity index is 1.69. The van der Waals surface area contributed by atoms with Gasteiger partial charge in [0.25, 0.3) is 0 Å². The van der Waals surface area contributed by atoms with Gasteiger partial charge in [0.05, 0.1) is 22.6 Å². The highest BCUT2D eigenvalue weighted by Gasteiger charge is 2.43. The van der Waals surface area contributed by atoms with Crippen molar-refractivity contribution in [1.29, 1.82) is 0 Å². The number of carboxylic acids is 1. The molecule has 1 saturated carbocycles. The third-order valence-electron chi connectivity index (χ3n) is 7.06. The summed E-state index contributed by atoms with van der Waals surface area (Å²) in [7, 11) is 0. The second-order valence-electron chi connectivity index (χ2n) is 9.02. The van der Waals surface area contributed by atoms with Crippen LogP contribution in [0.2, 0.25) is 5.02 Å². The summed E-state index contributed by atoms with van der Waals surface area (Å²) in [5.74, 6) is 0.196. The summed E-state index contributed by atoms with van der Waals surface area (Å²) in [6.07, 6.45) is 4.58. The largest absolute Gasteiger partial charge is 0.477 e. The van der Waals surface area contributed by atoms with Gasteiger partial charge in [-0.2, -0.15) is 0 Å². The van der Waals surface area contributed by atoms with E-state index in [1.54, 1.807) is 6.92 Å². The Morgan fingerprint density at radius 3 is 2.61 bits per heavy atom. The van der Waals surface area contributed by atoms with Crippen molar-refractivity contribution in [3.63, 3.8) is 0 Å². The summed E-state index contributed by atoms with van der Waals surface area (Å²) in [5.41, 5.74) is 6.01. The van der Waals surface area contributed by atoms with Crippen LogP contribution in [0.25, 0.3) is 10.9 Å². The molecule has 2 fully saturated rings. The summed E-state index contributed by atoms with van der Waals surface area (Å²) in [5, 5.41) is 9.87. The molecule has 9 heteroatoms. The number of fused-ring (bicyclic) bond motifs is 2. The molecule has 2 aromatic rings. The van der Waals surface area contributed by atoms with E-state index < -0.39 is 29.2 Å². The van der Waals surface area contributed by atoms with Crippen LogP contribution in [0.3, 0.4) is 0 Å². The number of allylic oxidation sites excluding steroid dienone is 1. The Labute approximate surface area is 183 Å². The Kier molecular flexibility index (Phi) is 4.64. The molecule has 1 saturated heterocycles. The fourth-order valence-corrected chi connectivity index (χ4v) is 5.56. The Hall–Kier alpha value is -2.45. The number of pyridine rings is 2. The Morgan fingerprint density at radius 2 is 2.00 bits per heavy atom. The lowest BCUT2D eigenvalue weighted by Crippen LogP contribution is -2.38. The number of aromatic nitrogens is 2. The smallest absolute Gasteiger partial charge is 0.341 e. The summed E-state index contributed by atoms with van der Waals surface area (Å²) in [6.45, 7) is 5.25. The normalized spacial score (nSPS) is 31.8. The molecular weight excluding hydrogens is 423 g/mol. The molecule has 0 unspecified atom stereocenters. The lowest BCUT2D eigenvalue weighted by atomic mass is 9.77. The number of carbonyl (C=O) groups is 1. The molecular formula is C22H24ClFN4O3. The molecule has 3 N–H and O–H groups in total. The molecule has 2 aliphatic carbocycles. The zero-order valence-corrected chi connectivity index (χ0v) is 18.0. The van der Waals surface area contributed by atoms with E-state index in [9.17, 15) is 19.1 Å². The second-order valence-corrected chi connectivity index (χ2v) is 9.39. The Morgan fingerprint density at radius 1 is 1.32 bits per heavy atom. The predicted octanol–water partition coefficient (Wildman–Crippen LogP) is 2.93. The topological polar surface area (TPSA) is 101 Å². The Bertz CT molecular complexity index is 1180. The number of alkyl halides is 1. The molecule has 2 aromatic heterocycles. The monoisotopic (exact) mass is 446 g/mol. The van der Waals surface area contributed by atoms with E-state index in [2.05, 4.69) is 29.0 Å². The van der Waals surface area contributed by atoms with Crippen molar-refractivity contribution in [3.8, 4) is 0 Å². The number of aryl methyl sites for hydroxylation is 1. The zero-order chi connectivity index (χ0) is 22.2. The number of nitrogens with two attached hydrogens (primary N) is 1. The third-order valence-corrected chi connectivity index (χ3v) is 7.41. The maximum absolute atomic E-state index is 14.0. The van der Waals surface area contributed by atoms with E-state index in [1.165, 1.54) is 10.8 Å². The van der Waals surface area contributed by atoms with Crippen LogP contribution in [-0.4, -0.2) is 45.9 Å². The fourth-order valence-electron chi connectivity index (χ4n) is 5.20. The van der Waals surface area contributed by atoms with Crippen LogP contribution in [0, 0.1) is 24.7 Å². The van der Waals surface area contributed by atoms with Crippen LogP contribution in [0.4, 0.5) is 10.2 Å². The average molecular weight is 447 g/mol. The van der Waals surface area contributed by atoms with Crippen LogP contribution < -0.4 is 16.1 Å². The highest BCUT2D eigenvalue weighted by atomic mass is 35.5. The van der Waals surface area contributed by atoms with Crippen LogP contribution in [0.1, 0.15) is 35.4 Å². The van der Waals surface area contributed by atoms with E-state index in [0.717, 1.165) is 6.54 Å². The van der Waals surface area contributed by atoms with E-state index in [1.807, 2.05) is 0 Å². The third kappa shape index (κ3) is 3.07. The van der Waals surface area contributed by atoms with E-state index in [4.69, 9.17) is 17.3 Å². The van der Waals surface area contributed by atoms with Crippen LogP contribution in [0.15, 0.2) is 23.1 Å². The van der Waals surface area contributed by atoms with Gasteiger partial charge < -0.3 is 20.3 Å². The number of hydrogen-bond acceptors (Lipinski definition) is 5. The van der Waals surface area contributed by atoms with Gasteiger partial charge in [0, 0.05) is 37.7 Å². The molecule has 164 valence electrons. The first-order chi connectivity index (χ1) is 14.7. The van der Waals surface area contributed by atoms with Crippen molar-refractivity contribution in [1.82, 2.24) is 9.55 Å². The summed E-state index contributed by atoms with van der Waals surface area (Å²) in [6, 6.07) is -0.575. The second kappa shape index (κ2) is 7.03. The molecule has 6 atom stereocenters. The van der Waals surface area contributed by atoms with Gasteiger partial charge in [-0.15, -0.1) is 0 Å². The van der Waals surface area contributed by atoms with Crippen molar-refractivity contribution in [2.75, 3.05) is 18.0 Å². The van der Waals surface area contributed by atoms with E-state index in [-0.39, 0.29) is 28.8 Å². The molecule has 1 aliphatic heterocycles. The highest BCUT2D eigenvalue weighted by molar-refractivity contribution is 6.37. The summed E-state index contributed by atoms with van der Waals surface area (Å²) in [4.78, 5) is 31.3. The molecule has 0 amide bonds. The van der Waals surface area contributed by atoms with Crippen LogP contribution in [0.5, 0.6) is 0 Å². The number of aromatic carboxylic acids is 1. The predicted molar refractivity (Wildman–Crippen MR) is 117 cm³/mol. The van der Waals surface area contributed by atoms with Crippen molar-refractivity contribution in [3.05, 3.63) is 44.9 Å². The minimum absolute atomic E-state index is 0.0402. The molecule has 3 heterocycles. The number of carboxylic acid groups (broad SMARTS) is 1. The van der Waals surface area contributed by atoms with E-state index >= 15 is 0 Å². The summed E-state index contributed by atoms with van der Waals surface area (Å²) < 4.78 is 15.5. The first-order valence-electron chi connectivity index (χ1n) is 10.5. The van der Waals surface area contributed by atoms with Gasteiger partial charge in [0.2, 0.25) is 5.43 Å². The maximum Gasteiger partial charge on any atom is 0.341 e. The van der Waals surface area contributed by atoms with Crippen molar-refractivity contribution >= 4 is 34.3 Å². The first-order valence-corrected chi connectivity index (χ1v) is 10.9. The van der Waals surface area contributed by atoms with Crippen molar-refractivity contribution in [2.24, 2.45) is 23.5 Å². The maximum atomic E-state index is 14.0. The van der Waals surface area contributed by atoms with Gasteiger partial charge in [0.1, 0.15) is 22.6 Å². The SMILES string of the molecule is Cc1nc(N2C[C@@H]3[C@H](C2)[C@H](N)C=C[C@@H]3C)c(Cl)c2c1c(=O)c(C(=O)O)cn2[C@@H]1C[C@@H]1F. The number of nitrogens with zero attached hydrogens (tertiary/aromatic N) is 3. The molecule has 7 nitrogen and oxygen atoms in total. The fraction of sp³-hybridized carbons (Fsp3) is 0.500. The van der Waals surface area contributed by atoms with Crippen molar-refractivity contribution < 1.29 is 14.3 Å². The number of rotatable bonds is 3.